The van der Waals surface area contributed by atoms with Crippen LogP contribution in [0.2, 0.25) is 0 Å². The van der Waals surface area contributed by atoms with E-state index in [1.165, 1.54) is 24.6 Å². The molecule has 7 nitrogen and oxygen atoms in total. The van der Waals surface area contributed by atoms with Crippen LogP contribution >= 0.6 is 0 Å². The number of carbonyl (C=O) groups is 3. The average molecular weight is 365 g/mol. The third-order valence-corrected chi connectivity index (χ3v) is 4.40. The Balaban J connectivity index is 1.82. The van der Waals surface area contributed by atoms with Gasteiger partial charge in [-0.3, -0.25) is 15.0 Å². The number of amides is 1. The van der Waals surface area contributed by atoms with Crippen LogP contribution in [0, 0.1) is 0 Å². The summed E-state index contributed by atoms with van der Waals surface area (Å²) in [6.45, 7) is 2.17. The smallest absolute Gasteiger partial charge is 0.337 e. The van der Waals surface area contributed by atoms with Gasteiger partial charge in [-0.05, 0) is 29.7 Å². The Labute approximate surface area is 156 Å². The van der Waals surface area contributed by atoms with E-state index in [9.17, 15) is 19.5 Å². The number of benzene rings is 2. The molecule has 7 heteroatoms. The standard InChI is InChI=1S/C20H19N3O4/c1-13(24)18(22-21-17-9-5-4-8-16(17)20(26)27)19(25)23-11-10-14-6-2-3-7-15(14)12-23/h2-9,21H,10-12H2,1H3,(H,26,27)/b22-18+. The highest BCUT2D eigenvalue weighted by Crippen LogP contribution is 2.19. The number of hydrogen-bond donors (Lipinski definition) is 2. The third-order valence-electron chi connectivity index (χ3n) is 4.40. The zero-order chi connectivity index (χ0) is 19.4. The summed E-state index contributed by atoms with van der Waals surface area (Å²) in [7, 11) is 0. The number of ketones is 1. The van der Waals surface area contributed by atoms with Gasteiger partial charge in [0, 0.05) is 20.0 Å². The molecule has 27 heavy (non-hydrogen) atoms. The molecule has 2 aromatic carbocycles. The lowest BCUT2D eigenvalue weighted by Gasteiger charge is -2.28. The van der Waals surface area contributed by atoms with E-state index in [4.69, 9.17) is 0 Å². The second kappa shape index (κ2) is 7.82. The molecular formula is C20H19N3O4. The number of aromatic carboxylic acids is 1. The Morgan fingerprint density at radius 2 is 1.70 bits per heavy atom. The van der Waals surface area contributed by atoms with Crippen LogP contribution in [0.25, 0.3) is 0 Å². The summed E-state index contributed by atoms with van der Waals surface area (Å²) in [5, 5.41) is 13.1. The van der Waals surface area contributed by atoms with Gasteiger partial charge in [-0.2, -0.15) is 5.10 Å². The maximum Gasteiger partial charge on any atom is 0.337 e. The van der Waals surface area contributed by atoms with E-state index in [0.29, 0.717) is 19.5 Å². The second-order valence-corrected chi connectivity index (χ2v) is 6.22. The van der Waals surface area contributed by atoms with Gasteiger partial charge in [-0.15, -0.1) is 0 Å². The summed E-state index contributed by atoms with van der Waals surface area (Å²) < 4.78 is 0. The Hall–Kier alpha value is -3.48. The van der Waals surface area contributed by atoms with Gasteiger partial charge >= 0.3 is 5.97 Å². The van der Waals surface area contributed by atoms with Crippen molar-refractivity contribution < 1.29 is 19.5 Å². The van der Waals surface area contributed by atoms with E-state index in [-0.39, 0.29) is 17.0 Å². The van der Waals surface area contributed by atoms with Crippen LogP contribution in [0.1, 0.15) is 28.4 Å². The largest absolute Gasteiger partial charge is 0.478 e. The highest BCUT2D eigenvalue weighted by atomic mass is 16.4. The monoisotopic (exact) mass is 365 g/mol. The molecular weight excluding hydrogens is 346 g/mol. The number of carboxylic acids is 1. The molecule has 0 bridgehead atoms. The summed E-state index contributed by atoms with van der Waals surface area (Å²) >= 11 is 0. The van der Waals surface area contributed by atoms with Gasteiger partial charge in [-0.25, -0.2) is 4.79 Å². The molecule has 3 rings (SSSR count). The van der Waals surface area contributed by atoms with Gasteiger partial charge in [0.2, 0.25) is 0 Å². The molecule has 0 aromatic heterocycles. The first-order valence-electron chi connectivity index (χ1n) is 8.50. The van der Waals surface area contributed by atoms with E-state index in [2.05, 4.69) is 10.5 Å². The topological polar surface area (TPSA) is 99.1 Å². The van der Waals surface area contributed by atoms with Crippen molar-refractivity contribution in [3.05, 3.63) is 65.2 Å². The maximum absolute atomic E-state index is 12.8. The Morgan fingerprint density at radius 1 is 1.04 bits per heavy atom. The molecule has 1 aliphatic rings. The number of anilines is 1. The number of carbonyl (C=O) groups excluding carboxylic acids is 2. The molecule has 0 fully saturated rings. The first-order valence-corrected chi connectivity index (χ1v) is 8.50. The molecule has 0 saturated heterocycles. The summed E-state index contributed by atoms with van der Waals surface area (Å²) in [6.07, 6.45) is 0.711. The first kappa shape index (κ1) is 18.3. The van der Waals surface area contributed by atoms with Gasteiger partial charge in [-0.1, -0.05) is 36.4 Å². The fourth-order valence-electron chi connectivity index (χ4n) is 2.98. The lowest BCUT2D eigenvalue weighted by Crippen LogP contribution is -2.42. The van der Waals surface area contributed by atoms with Crippen LogP contribution < -0.4 is 5.43 Å². The van der Waals surface area contributed by atoms with Gasteiger partial charge in [0.25, 0.3) is 5.91 Å². The fraction of sp³-hybridized carbons (Fsp3) is 0.200. The number of hydrogen-bond acceptors (Lipinski definition) is 5. The van der Waals surface area contributed by atoms with Gasteiger partial charge in [0.15, 0.2) is 11.5 Å². The number of rotatable bonds is 5. The number of para-hydroxylation sites is 1. The number of nitrogens with zero attached hydrogens (tertiary/aromatic N) is 2. The molecule has 138 valence electrons. The second-order valence-electron chi connectivity index (χ2n) is 6.22. The molecule has 1 aliphatic heterocycles. The van der Waals surface area contributed by atoms with E-state index in [1.54, 1.807) is 17.0 Å². The zero-order valence-electron chi connectivity index (χ0n) is 14.8. The van der Waals surface area contributed by atoms with Gasteiger partial charge < -0.3 is 10.0 Å². The molecule has 1 heterocycles. The molecule has 2 aromatic rings. The van der Waals surface area contributed by atoms with Crippen LogP contribution in [0.15, 0.2) is 53.6 Å². The molecule has 1 amide bonds. The molecule has 0 atom stereocenters. The minimum absolute atomic E-state index is 0.00324. The molecule has 0 unspecified atom stereocenters. The molecule has 2 N–H and O–H groups in total. The summed E-state index contributed by atoms with van der Waals surface area (Å²) in [5.41, 5.74) is 4.75. The maximum atomic E-state index is 12.8. The van der Waals surface area contributed by atoms with Crippen molar-refractivity contribution in [3.8, 4) is 0 Å². The minimum Gasteiger partial charge on any atom is -0.478 e. The third kappa shape index (κ3) is 4.03. The summed E-state index contributed by atoms with van der Waals surface area (Å²) in [6, 6.07) is 14.0. The lowest BCUT2D eigenvalue weighted by molar-refractivity contribution is -0.126. The number of fused-ring (bicyclic) bond motifs is 1. The zero-order valence-corrected chi connectivity index (χ0v) is 14.8. The minimum atomic E-state index is -1.13. The number of carboxylic acid groups (broad SMARTS) is 1. The predicted molar refractivity (Wildman–Crippen MR) is 101 cm³/mol. The van der Waals surface area contributed by atoms with E-state index >= 15 is 0 Å². The van der Waals surface area contributed by atoms with Crippen LogP contribution in [0.5, 0.6) is 0 Å². The van der Waals surface area contributed by atoms with Crippen LogP contribution in [-0.2, 0) is 22.6 Å². The van der Waals surface area contributed by atoms with Gasteiger partial charge in [0.1, 0.15) is 0 Å². The lowest BCUT2D eigenvalue weighted by atomic mass is 9.99. The first-order chi connectivity index (χ1) is 13.0. The molecule has 0 radical (unpaired) electrons. The molecule has 0 saturated carbocycles. The highest BCUT2D eigenvalue weighted by Gasteiger charge is 2.27. The van der Waals surface area contributed by atoms with Crippen molar-refractivity contribution in [2.45, 2.75) is 19.9 Å². The Bertz CT molecular complexity index is 936. The highest BCUT2D eigenvalue weighted by molar-refractivity contribution is 6.65. The quantitative estimate of drug-likeness (QED) is 0.481. The van der Waals surface area contributed by atoms with Crippen molar-refractivity contribution in [1.82, 2.24) is 4.90 Å². The SMILES string of the molecule is CC(=O)/C(=N\Nc1ccccc1C(=O)O)C(=O)N1CCc2ccccc2C1. The molecule has 0 aliphatic carbocycles. The van der Waals surface area contributed by atoms with Crippen LogP contribution in [-0.4, -0.2) is 39.9 Å². The molecule has 0 spiro atoms. The van der Waals surface area contributed by atoms with Crippen LogP contribution in [0.4, 0.5) is 5.69 Å². The van der Waals surface area contributed by atoms with Crippen molar-refractivity contribution in [1.29, 1.82) is 0 Å². The predicted octanol–water partition coefficient (Wildman–Crippen LogP) is 2.33. The van der Waals surface area contributed by atoms with Crippen molar-refractivity contribution >= 4 is 29.1 Å². The normalized spacial score (nSPS) is 13.7. The average Bonchev–Trinajstić information content (AvgIpc) is 2.67. The Kier molecular flexibility index (Phi) is 5.30. The Morgan fingerprint density at radius 3 is 2.41 bits per heavy atom. The number of Topliss-reactive ketones (excluding diaryl/α,β-unsaturated/α-hetero) is 1. The number of nitrogens with one attached hydrogen (secondary N) is 1. The van der Waals surface area contributed by atoms with E-state index in [1.807, 2.05) is 24.3 Å². The fourth-order valence-corrected chi connectivity index (χ4v) is 2.98. The summed E-state index contributed by atoms with van der Waals surface area (Å²) in [5.74, 6) is -2.09. The van der Waals surface area contributed by atoms with Crippen molar-refractivity contribution in [2.24, 2.45) is 5.10 Å². The van der Waals surface area contributed by atoms with E-state index in [0.717, 1.165) is 5.56 Å². The number of hydrazone groups is 1. The van der Waals surface area contributed by atoms with Crippen LogP contribution in [0.3, 0.4) is 0 Å². The van der Waals surface area contributed by atoms with Crippen molar-refractivity contribution in [2.75, 3.05) is 12.0 Å². The van der Waals surface area contributed by atoms with Gasteiger partial charge in [0.05, 0.1) is 11.3 Å². The van der Waals surface area contributed by atoms with E-state index < -0.39 is 17.7 Å². The van der Waals surface area contributed by atoms with Crippen molar-refractivity contribution in [3.63, 3.8) is 0 Å². The summed E-state index contributed by atoms with van der Waals surface area (Å²) in [4.78, 5) is 37.6.